The zero-order chi connectivity index (χ0) is 23.9. The van der Waals surface area contributed by atoms with Crippen molar-refractivity contribution in [3.05, 3.63) is 92.4 Å². The number of carbonyl (C=O) groups excluding carboxylic acids is 1. The maximum atomic E-state index is 13.0. The molecule has 1 saturated heterocycles. The summed E-state index contributed by atoms with van der Waals surface area (Å²) in [5.74, 6) is 1.95. The Morgan fingerprint density at radius 2 is 1.68 bits per heavy atom. The van der Waals surface area contributed by atoms with Gasteiger partial charge in [0.1, 0.15) is 23.3 Å². The van der Waals surface area contributed by atoms with Crippen molar-refractivity contribution < 1.29 is 19.0 Å². The minimum Gasteiger partial charge on any atom is -0.493 e. The minimum absolute atomic E-state index is 0.0915. The Morgan fingerprint density at radius 1 is 1.00 bits per heavy atom. The van der Waals surface area contributed by atoms with Crippen LogP contribution >= 0.6 is 46.6 Å². The second kappa shape index (κ2) is 11.7. The van der Waals surface area contributed by atoms with Crippen molar-refractivity contribution in [3.63, 3.8) is 0 Å². The summed E-state index contributed by atoms with van der Waals surface area (Å²) in [6.45, 7) is 1.25. The number of benzene rings is 3. The van der Waals surface area contributed by atoms with Crippen LogP contribution in [0, 0.1) is 3.57 Å². The number of thioether (sulfide) groups is 1. The molecule has 8 heteroatoms. The molecule has 1 aliphatic heterocycles. The van der Waals surface area contributed by atoms with Crippen molar-refractivity contribution in [1.29, 1.82) is 0 Å². The van der Waals surface area contributed by atoms with Gasteiger partial charge in [-0.2, -0.15) is 0 Å². The number of thiocarbonyl (C=S) groups is 1. The number of amides is 1. The van der Waals surface area contributed by atoms with Crippen molar-refractivity contribution in [3.8, 4) is 17.2 Å². The lowest BCUT2D eigenvalue weighted by atomic mass is 10.1. The second-order valence-corrected chi connectivity index (χ2v) is 10.1. The zero-order valence-electron chi connectivity index (χ0n) is 18.4. The van der Waals surface area contributed by atoms with Gasteiger partial charge >= 0.3 is 0 Å². The molecule has 4 rings (SSSR count). The van der Waals surface area contributed by atoms with E-state index in [2.05, 4.69) is 22.6 Å². The molecule has 1 heterocycles. The van der Waals surface area contributed by atoms with Crippen LogP contribution in [0.4, 0.5) is 0 Å². The van der Waals surface area contributed by atoms with Gasteiger partial charge in [-0.1, -0.05) is 72.5 Å². The fraction of sp³-hybridized carbons (Fsp3) is 0.154. The highest BCUT2D eigenvalue weighted by Crippen LogP contribution is 2.37. The summed E-state index contributed by atoms with van der Waals surface area (Å²) in [6, 6.07) is 23.3. The molecule has 5 nitrogen and oxygen atoms in total. The lowest BCUT2D eigenvalue weighted by Gasteiger charge is -2.15. The number of carbonyl (C=O) groups is 1. The summed E-state index contributed by atoms with van der Waals surface area (Å²) in [6.07, 6.45) is 1.84. The summed E-state index contributed by atoms with van der Waals surface area (Å²) < 4.78 is 18.6. The average Bonchev–Trinajstić information content (AvgIpc) is 3.11. The van der Waals surface area contributed by atoms with Gasteiger partial charge in [-0.05, 0) is 64.1 Å². The number of para-hydroxylation sites is 1. The fourth-order valence-electron chi connectivity index (χ4n) is 3.34. The maximum absolute atomic E-state index is 13.0. The van der Waals surface area contributed by atoms with Gasteiger partial charge in [-0.3, -0.25) is 9.69 Å². The molecule has 1 amide bonds. The van der Waals surface area contributed by atoms with E-state index in [4.69, 9.17) is 26.4 Å². The zero-order valence-corrected chi connectivity index (χ0v) is 22.2. The van der Waals surface area contributed by atoms with Gasteiger partial charge < -0.3 is 14.2 Å². The third-order valence-corrected chi connectivity index (χ3v) is 7.13. The molecular weight excluding hydrogens is 581 g/mol. The number of hydrogen-bond acceptors (Lipinski definition) is 6. The normalized spacial score (nSPS) is 14.5. The standard InChI is InChI=1S/C26H22INO4S2/c1-30-22-15-19(14-21(27)24(22)32-13-12-31-20-10-6-3-7-11-20)16-23-25(29)28(26(33)34-23)17-18-8-4-2-5-9-18/h2-11,14-16H,12-13,17H2,1H3. The topological polar surface area (TPSA) is 48.0 Å². The molecule has 0 unspecified atom stereocenters. The van der Waals surface area contributed by atoms with E-state index in [0.29, 0.717) is 40.5 Å². The molecule has 0 atom stereocenters. The molecule has 0 aromatic heterocycles. The molecule has 0 radical (unpaired) electrons. The number of methoxy groups -OCH3 is 1. The van der Waals surface area contributed by atoms with Crippen molar-refractivity contribution in [2.45, 2.75) is 6.54 Å². The molecule has 0 saturated carbocycles. The van der Waals surface area contributed by atoms with Crippen LogP contribution in [0.1, 0.15) is 11.1 Å². The van der Waals surface area contributed by atoms with Gasteiger partial charge in [-0.25, -0.2) is 0 Å². The van der Waals surface area contributed by atoms with E-state index in [-0.39, 0.29) is 5.91 Å². The van der Waals surface area contributed by atoms with Crippen LogP contribution < -0.4 is 14.2 Å². The van der Waals surface area contributed by atoms with Crippen molar-refractivity contribution in [1.82, 2.24) is 4.90 Å². The lowest BCUT2D eigenvalue weighted by molar-refractivity contribution is -0.122. The highest BCUT2D eigenvalue weighted by atomic mass is 127. The molecule has 0 N–H and O–H groups in total. The average molecular weight is 604 g/mol. The predicted octanol–water partition coefficient (Wildman–Crippen LogP) is 6.16. The van der Waals surface area contributed by atoms with Gasteiger partial charge in [0.25, 0.3) is 5.91 Å². The largest absolute Gasteiger partial charge is 0.493 e. The Bertz CT molecular complexity index is 1200. The quantitative estimate of drug-likeness (QED) is 0.127. The van der Waals surface area contributed by atoms with Crippen LogP contribution in [-0.2, 0) is 11.3 Å². The first-order chi connectivity index (χ1) is 16.5. The summed E-state index contributed by atoms with van der Waals surface area (Å²) in [5, 5.41) is 0. The maximum Gasteiger partial charge on any atom is 0.266 e. The fourth-order valence-corrected chi connectivity index (χ4v) is 5.37. The van der Waals surface area contributed by atoms with Crippen LogP contribution in [-0.4, -0.2) is 35.5 Å². The smallest absolute Gasteiger partial charge is 0.266 e. The molecular formula is C26H22INO4S2. The van der Waals surface area contributed by atoms with Gasteiger partial charge in [0.15, 0.2) is 11.5 Å². The Balaban J connectivity index is 1.44. The van der Waals surface area contributed by atoms with E-state index in [1.165, 1.54) is 11.8 Å². The Morgan fingerprint density at radius 3 is 2.38 bits per heavy atom. The third kappa shape index (κ3) is 6.11. The van der Waals surface area contributed by atoms with E-state index < -0.39 is 0 Å². The number of nitrogens with zero attached hydrogens (tertiary/aromatic N) is 1. The van der Waals surface area contributed by atoms with E-state index >= 15 is 0 Å². The molecule has 1 fully saturated rings. The van der Waals surface area contributed by atoms with Crippen LogP contribution in [0.15, 0.2) is 77.7 Å². The molecule has 3 aromatic carbocycles. The molecule has 3 aromatic rings. The number of ether oxygens (including phenoxy) is 3. The molecule has 0 aliphatic carbocycles. The SMILES string of the molecule is COc1cc(C=C2SC(=S)N(Cc3ccccc3)C2=O)cc(I)c1OCCOc1ccccc1. The van der Waals surface area contributed by atoms with Gasteiger partial charge in [0.05, 0.1) is 22.1 Å². The van der Waals surface area contributed by atoms with Gasteiger partial charge in [-0.15, -0.1) is 0 Å². The van der Waals surface area contributed by atoms with Crippen molar-refractivity contribution in [2.24, 2.45) is 0 Å². The van der Waals surface area contributed by atoms with Gasteiger partial charge in [0, 0.05) is 0 Å². The van der Waals surface area contributed by atoms with E-state index in [9.17, 15) is 4.79 Å². The van der Waals surface area contributed by atoms with E-state index in [1.54, 1.807) is 12.0 Å². The third-order valence-electron chi connectivity index (χ3n) is 4.95. The Labute approximate surface area is 222 Å². The molecule has 34 heavy (non-hydrogen) atoms. The monoisotopic (exact) mass is 603 g/mol. The first-order valence-electron chi connectivity index (χ1n) is 10.5. The second-order valence-electron chi connectivity index (χ2n) is 7.30. The predicted molar refractivity (Wildman–Crippen MR) is 148 cm³/mol. The molecule has 0 spiro atoms. The van der Waals surface area contributed by atoms with E-state index in [1.807, 2.05) is 78.9 Å². The molecule has 174 valence electrons. The molecule has 1 aliphatic rings. The summed E-state index contributed by atoms with van der Waals surface area (Å²) in [4.78, 5) is 15.2. The summed E-state index contributed by atoms with van der Waals surface area (Å²) in [7, 11) is 1.60. The minimum atomic E-state index is -0.0915. The van der Waals surface area contributed by atoms with Crippen LogP contribution in [0.2, 0.25) is 0 Å². The number of rotatable bonds is 9. The number of hydrogen-bond donors (Lipinski definition) is 0. The van der Waals surface area contributed by atoms with Crippen LogP contribution in [0.3, 0.4) is 0 Å². The highest BCUT2D eigenvalue weighted by molar-refractivity contribution is 14.1. The van der Waals surface area contributed by atoms with Gasteiger partial charge in [0.2, 0.25) is 0 Å². The first-order valence-corrected chi connectivity index (χ1v) is 12.8. The number of halogens is 1. The van der Waals surface area contributed by atoms with E-state index in [0.717, 1.165) is 20.4 Å². The van der Waals surface area contributed by atoms with Crippen LogP contribution in [0.5, 0.6) is 17.2 Å². The lowest BCUT2D eigenvalue weighted by Crippen LogP contribution is -2.27. The molecule has 0 bridgehead atoms. The Hall–Kier alpha value is -2.56. The van der Waals surface area contributed by atoms with Crippen molar-refractivity contribution >= 4 is 62.9 Å². The summed E-state index contributed by atoms with van der Waals surface area (Å²) in [5.41, 5.74) is 1.88. The van der Waals surface area contributed by atoms with Crippen LogP contribution in [0.25, 0.3) is 6.08 Å². The van der Waals surface area contributed by atoms with Crippen molar-refractivity contribution in [2.75, 3.05) is 20.3 Å². The summed E-state index contributed by atoms with van der Waals surface area (Å²) >= 11 is 8.99. The highest BCUT2D eigenvalue weighted by Gasteiger charge is 2.32. The Kier molecular flexibility index (Phi) is 8.47. The first kappa shape index (κ1) is 24.6.